The van der Waals surface area contributed by atoms with Crippen LogP contribution in [0.25, 0.3) is 0 Å². The van der Waals surface area contributed by atoms with Crippen LogP contribution in [0.5, 0.6) is 0 Å². The lowest BCUT2D eigenvalue weighted by atomic mass is 10.3. The van der Waals surface area contributed by atoms with Crippen LogP contribution in [0.4, 0.5) is 0 Å². The third-order valence-electron chi connectivity index (χ3n) is 1.70. The molecule has 54 valence electrons. The van der Waals surface area contributed by atoms with Crippen LogP contribution < -0.4 is 5.56 Å². The first kappa shape index (κ1) is 5.65. The van der Waals surface area contributed by atoms with Gasteiger partial charge in [-0.3, -0.25) is 4.79 Å². The van der Waals surface area contributed by atoms with Crippen molar-refractivity contribution >= 4 is 0 Å². The van der Waals surface area contributed by atoms with Crippen molar-refractivity contribution in [1.29, 1.82) is 0 Å². The average Bonchev–Trinajstić information content (AvgIpc) is 2.71. The molecule has 0 atom stereocenters. The van der Waals surface area contributed by atoms with Crippen LogP contribution in [0, 0.1) is 0 Å². The van der Waals surface area contributed by atoms with Gasteiger partial charge in [0.1, 0.15) is 0 Å². The minimum atomic E-state index is -0.121. The van der Waals surface area contributed by atoms with E-state index in [1.165, 1.54) is 18.9 Å². The van der Waals surface area contributed by atoms with Gasteiger partial charge in [-0.05, 0) is 18.9 Å². The number of aromatic amines is 1. The molecular formula is C7H10N2O. The Balaban J connectivity index is 0.000000605. The van der Waals surface area contributed by atoms with E-state index in [-0.39, 0.29) is 6.99 Å². The number of nitrogens with zero attached hydrogens (tertiary/aromatic N) is 1. The zero-order valence-electron chi connectivity index (χ0n) is 5.50. The molecule has 1 saturated carbocycles. The zero-order chi connectivity index (χ0) is 6.97. The van der Waals surface area contributed by atoms with Gasteiger partial charge in [-0.1, -0.05) is 0 Å². The number of hydrogen-bond donors (Lipinski definition) is 1. The number of H-pyrrole nitrogens is 1. The van der Waals surface area contributed by atoms with Crippen molar-refractivity contribution in [3.8, 4) is 0 Å². The molecule has 2 rings (SSSR count). The topological polar surface area (TPSA) is 45.8 Å². The predicted octanol–water partition coefficient (Wildman–Crippen LogP) is 0.893. The smallest absolute Gasteiger partial charge is 0.264 e. The van der Waals surface area contributed by atoms with Crippen molar-refractivity contribution in [2.75, 3.05) is 0 Å². The van der Waals surface area contributed by atoms with Gasteiger partial charge in [0.05, 0.1) is 5.69 Å². The Bertz CT molecular complexity index is 272. The van der Waals surface area contributed by atoms with Gasteiger partial charge < -0.3 is 0 Å². The molecule has 3 heteroatoms. The first-order valence-electron chi connectivity index (χ1n) is 3.42. The first-order chi connectivity index (χ1) is 4.86. The van der Waals surface area contributed by atoms with Crippen molar-refractivity contribution in [3.63, 3.8) is 0 Å². The van der Waals surface area contributed by atoms with Gasteiger partial charge in [-0.2, -0.15) is 5.10 Å². The molecule has 1 aliphatic rings. The Morgan fingerprint density at radius 2 is 2.40 bits per heavy atom. The summed E-state index contributed by atoms with van der Waals surface area (Å²) >= 11 is 0. The quantitative estimate of drug-likeness (QED) is 0.626. The molecular weight excluding hydrogens is 128 g/mol. The monoisotopic (exact) mass is 138 g/mol. The molecule has 1 fully saturated rings. The molecule has 0 spiro atoms. The fourth-order valence-electron chi connectivity index (χ4n) is 0.962. The highest BCUT2D eigenvalue weighted by atomic mass is 16.1. The summed E-state index contributed by atoms with van der Waals surface area (Å²) in [6.07, 6.45) is 2.44. The predicted molar refractivity (Wildman–Crippen MR) is 38.9 cm³/mol. The summed E-state index contributed by atoms with van der Waals surface area (Å²) in [5, 5.41) is 6.32. The van der Waals surface area contributed by atoms with Crippen LogP contribution in [-0.2, 0) is 0 Å². The lowest BCUT2D eigenvalue weighted by molar-refractivity contribution is 0.888. The van der Waals surface area contributed by atoms with Crippen molar-refractivity contribution < 1.29 is 1.43 Å². The number of hydrogen-bond acceptors (Lipinski definition) is 2. The van der Waals surface area contributed by atoms with E-state index >= 15 is 0 Å². The summed E-state index contributed by atoms with van der Waals surface area (Å²) in [5.74, 6) is 0.622. The normalized spacial score (nSPS) is 17.2. The molecule has 1 N–H and O–H groups in total. The third kappa shape index (κ3) is 0.943. The Kier molecular flexibility index (Phi) is 1.09. The van der Waals surface area contributed by atoms with Gasteiger partial charge in [-0.25, -0.2) is 5.10 Å². The summed E-state index contributed by atoms with van der Waals surface area (Å²) in [5.41, 5.74) is 0.906. The molecule has 0 amide bonds. The Labute approximate surface area is 59.6 Å². The van der Waals surface area contributed by atoms with E-state index in [9.17, 15) is 4.79 Å². The molecule has 0 saturated heterocycles. The van der Waals surface area contributed by atoms with Crippen LogP contribution >= 0.6 is 0 Å². The highest BCUT2D eigenvalue weighted by Gasteiger charge is 2.24. The fraction of sp³-hybridized carbons (Fsp3) is 0.429. The van der Waals surface area contributed by atoms with Crippen LogP contribution in [0.1, 0.15) is 25.9 Å². The summed E-state index contributed by atoms with van der Waals surface area (Å²) in [7, 11) is 0. The molecule has 0 unspecified atom stereocenters. The molecule has 1 aromatic heterocycles. The summed E-state index contributed by atoms with van der Waals surface area (Å²) in [6, 6.07) is 3.33. The Morgan fingerprint density at radius 1 is 1.60 bits per heavy atom. The lowest BCUT2D eigenvalue weighted by Gasteiger charge is -1.91. The van der Waals surface area contributed by atoms with E-state index in [0.717, 1.165) is 5.69 Å². The van der Waals surface area contributed by atoms with Crippen molar-refractivity contribution in [2.45, 2.75) is 18.8 Å². The van der Waals surface area contributed by atoms with Crippen LogP contribution in [0.3, 0.4) is 0 Å². The van der Waals surface area contributed by atoms with Gasteiger partial charge in [0, 0.05) is 13.4 Å². The molecule has 10 heavy (non-hydrogen) atoms. The van der Waals surface area contributed by atoms with E-state index < -0.39 is 0 Å². The van der Waals surface area contributed by atoms with Gasteiger partial charge in [0.25, 0.3) is 5.56 Å². The maximum absolute atomic E-state index is 10.5. The first-order valence-corrected chi connectivity index (χ1v) is 3.42. The largest absolute Gasteiger partial charge is 0.268 e. The summed E-state index contributed by atoms with van der Waals surface area (Å²) in [6.45, 7) is 0. The van der Waals surface area contributed by atoms with Gasteiger partial charge in [0.15, 0.2) is 0 Å². The molecule has 0 aromatic carbocycles. The van der Waals surface area contributed by atoms with E-state index in [4.69, 9.17) is 0 Å². The van der Waals surface area contributed by atoms with Gasteiger partial charge >= 0.3 is 0 Å². The number of nitrogens with one attached hydrogen (secondary N) is 1. The van der Waals surface area contributed by atoms with Crippen molar-refractivity contribution in [3.05, 3.63) is 28.2 Å². The fourth-order valence-corrected chi connectivity index (χ4v) is 0.962. The lowest BCUT2D eigenvalue weighted by Crippen LogP contribution is -2.06. The van der Waals surface area contributed by atoms with Crippen molar-refractivity contribution in [2.24, 2.45) is 0 Å². The second-order valence-electron chi connectivity index (χ2n) is 2.62. The van der Waals surface area contributed by atoms with E-state index in [1.54, 1.807) is 6.07 Å². The molecule has 1 aromatic rings. The second-order valence-corrected chi connectivity index (χ2v) is 2.62. The minimum absolute atomic E-state index is 0. The Morgan fingerprint density at radius 3 is 2.90 bits per heavy atom. The van der Waals surface area contributed by atoms with E-state index in [0.29, 0.717) is 5.92 Å². The summed E-state index contributed by atoms with van der Waals surface area (Å²) in [4.78, 5) is 10.5. The van der Waals surface area contributed by atoms with Gasteiger partial charge in [-0.15, -0.1) is 0 Å². The number of aromatic nitrogens is 2. The second kappa shape index (κ2) is 1.94. The number of rotatable bonds is 1. The maximum Gasteiger partial charge on any atom is 0.264 e. The molecule has 0 radical (unpaired) electrons. The van der Waals surface area contributed by atoms with E-state index in [2.05, 4.69) is 10.2 Å². The van der Waals surface area contributed by atoms with Crippen LogP contribution in [0.15, 0.2) is 16.9 Å². The van der Waals surface area contributed by atoms with E-state index in [1.807, 2.05) is 0 Å². The molecule has 3 nitrogen and oxygen atoms in total. The van der Waals surface area contributed by atoms with Crippen molar-refractivity contribution in [1.82, 2.24) is 10.2 Å². The molecule has 1 heterocycles. The molecule has 0 aliphatic heterocycles. The highest BCUT2D eigenvalue weighted by molar-refractivity contribution is 5.11. The average molecular weight is 138 g/mol. The summed E-state index contributed by atoms with van der Waals surface area (Å²) < 4.78 is 0. The van der Waals surface area contributed by atoms with Gasteiger partial charge in [0.2, 0.25) is 0 Å². The highest BCUT2D eigenvalue weighted by Crippen LogP contribution is 2.38. The zero-order valence-corrected chi connectivity index (χ0v) is 5.50. The SMILES string of the molecule is O=c1ccc(C2CC2)n[nH]1.[HH]. The third-order valence-corrected chi connectivity index (χ3v) is 1.70. The molecule has 1 aliphatic carbocycles. The maximum atomic E-state index is 10.5. The molecule has 0 bridgehead atoms. The Hall–Kier alpha value is -1.12. The minimum Gasteiger partial charge on any atom is -0.268 e. The van der Waals surface area contributed by atoms with Crippen LogP contribution in [0.2, 0.25) is 0 Å². The van der Waals surface area contributed by atoms with Crippen LogP contribution in [-0.4, -0.2) is 10.2 Å². The standard InChI is InChI=1S/C7H8N2O.H2/c10-7-4-3-6(8-9-7)5-1-2-5;/h3-5H,1-2H2,(H,9,10);1H.